The van der Waals surface area contributed by atoms with Crippen LogP contribution < -0.4 is 14.8 Å². The highest BCUT2D eigenvalue weighted by Crippen LogP contribution is 2.16. The lowest BCUT2D eigenvalue weighted by molar-refractivity contribution is -0.146. The summed E-state index contributed by atoms with van der Waals surface area (Å²) in [4.78, 5) is 38.7. The first-order chi connectivity index (χ1) is 13.0. The van der Waals surface area contributed by atoms with Crippen molar-refractivity contribution in [2.24, 2.45) is 0 Å². The number of piperazine rings is 1. The number of amides is 3. The molecule has 0 radical (unpaired) electrons. The molecule has 1 fully saturated rings. The Hall–Kier alpha value is -2.97. The van der Waals surface area contributed by atoms with E-state index in [9.17, 15) is 14.4 Å². The number of ether oxygens (including phenoxy) is 3. The zero-order valence-corrected chi connectivity index (χ0v) is 15.6. The van der Waals surface area contributed by atoms with E-state index in [-0.39, 0.29) is 13.2 Å². The lowest BCUT2D eigenvalue weighted by Crippen LogP contribution is -2.54. The summed E-state index contributed by atoms with van der Waals surface area (Å²) in [5.74, 6) is 0.0802. The predicted molar refractivity (Wildman–Crippen MR) is 96.7 cm³/mol. The minimum Gasteiger partial charge on any atom is -0.497 e. The van der Waals surface area contributed by atoms with Gasteiger partial charge in [0, 0.05) is 26.2 Å². The molecule has 0 saturated carbocycles. The van der Waals surface area contributed by atoms with Gasteiger partial charge in [0.25, 0.3) is 0 Å². The number of hydrogen-bond donors (Lipinski definition) is 1. The molecular weight excluding hydrogens is 354 g/mol. The monoisotopic (exact) mass is 379 g/mol. The largest absolute Gasteiger partial charge is 0.497 e. The van der Waals surface area contributed by atoms with E-state index in [0.717, 1.165) is 5.75 Å². The van der Waals surface area contributed by atoms with Crippen molar-refractivity contribution < 1.29 is 28.6 Å². The van der Waals surface area contributed by atoms with Crippen LogP contribution in [0.4, 0.5) is 4.79 Å². The van der Waals surface area contributed by atoms with Gasteiger partial charge >= 0.3 is 17.9 Å². The maximum absolute atomic E-state index is 12.2. The first-order valence-electron chi connectivity index (χ1n) is 8.80. The molecular formula is C18H25N3O6. The van der Waals surface area contributed by atoms with E-state index in [4.69, 9.17) is 14.2 Å². The van der Waals surface area contributed by atoms with Crippen LogP contribution in [0.2, 0.25) is 0 Å². The van der Waals surface area contributed by atoms with E-state index in [1.165, 1.54) is 9.80 Å². The fourth-order valence-electron chi connectivity index (χ4n) is 2.53. The fourth-order valence-corrected chi connectivity index (χ4v) is 2.53. The third kappa shape index (κ3) is 6.05. The first kappa shape index (κ1) is 20.3. The van der Waals surface area contributed by atoms with Crippen LogP contribution in [0.25, 0.3) is 0 Å². The molecule has 1 aliphatic rings. The quantitative estimate of drug-likeness (QED) is 0.571. The smallest absolute Gasteiger partial charge is 0.409 e. The summed E-state index contributed by atoms with van der Waals surface area (Å²) < 4.78 is 15.5. The van der Waals surface area contributed by atoms with Crippen LogP contribution in [0.1, 0.15) is 6.92 Å². The van der Waals surface area contributed by atoms with Crippen LogP contribution in [0.5, 0.6) is 11.5 Å². The minimum atomic E-state index is -0.682. The van der Waals surface area contributed by atoms with Crippen molar-refractivity contribution in [3.8, 4) is 11.5 Å². The number of nitrogens with zero attached hydrogens (tertiary/aromatic N) is 2. The molecule has 3 amide bonds. The van der Waals surface area contributed by atoms with Gasteiger partial charge in [0.05, 0.1) is 20.3 Å². The normalized spacial score (nSPS) is 13.7. The van der Waals surface area contributed by atoms with Gasteiger partial charge in [-0.15, -0.1) is 0 Å². The average Bonchev–Trinajstić information content (AvgIpc) is 2.71. The van der Waals surface area contributed by atoms with E-state index >= 15 is 0 Å². The van der Waals surface area contributed by atoms with Gasteiger partial charge in [-0.25, -0.2) is 4.79 Å². The molecule has 9 heteroatoms. The summed E-state index contributed by atoms with van der Waals surface area (Å²) in [6.07, 6.45) is -0.398. The molecule has 1 heterocycles. The lowest BCUT2D eigenvalue weighted by atomic mass is 10.3. The molecule has 1 aromatic rings. The second-order valence-electron chi connectivity index (χ2n) is 5.76. The van der Waals surface area contributed by atoms with Crippen LogP contribution in [-0.2, 0) is 14.3 Å². The number of benzene rings is 1. The number of rotatable bonds is 6. The van der Waals surface area contributed by atoms with E-state index in [1.54, 1.807) is 38.3 Å². The molecule has 9 nitrogen and oxygen atoms in total. The Kier molecular flexibility index (Phi) is 7.72. The minimum absolute atomic E-state index is 0.208. The Bertz CT molecular complexity index is 641. The number of methoxy groups -OCH3 is 1. The standard InChI is InChI=1S/C18H25N3O6/c1-3-26-18(24)21-11-9-20(10-12-21)17(23)16(22)19-8-13-27-15-6-4-14(25-2)5-7-15/h4-7H,3,8-13H2,1-2H3,(H,19,22). The van der Waals surface area contributed by atoms with Gasteiger partial charge in [-0.2, -0.15) is 0 Å². The highest BCUT2D eigenvalue weighted by molar-refractivity contribution is 6.35. The van der Waals surface area contributed by atoms with E-state index < -0.39 is 17.9 Å². The Morgan fingerprint density at radius 2 is 1.59 bits per heavy atom. The van der Waals surface area contributed by atoms with Gasteiger partial charge < -0.3 is 29.3 Å². The molecule has 1 aliphatic heterocycles. The highest BCUT2D eigenvalue weighted by Gasteiger charge is 2.28. The molecule has 0 bridgehead atoms. The molecule has 148 valence electrons. The highest BCUT2D eigenvalue weighted by atomic mass is 16.6. The third-order valence-electron chi connectivity index (χ3n) is 4.00. The Labute approximate surface area is 158 Å². The van der Waals surface area contributed by atoms with Gasteiger partial charge in [-0.3, -0.25) is 9.59 Å². The zero-order chi connectivity index (χ0) is 19.6. The molecule has 0 aliphatic carbocycles. The summed E-state index contributed by atoms with van der Waals surface area (Å²) >= 11 is 0. The fraction of sp³-hybridized carbons (Fsp3) is 0.500. The van der Waals surface area contributed by atoms with Gasteiger partial charge in [0.1, 0.15) is 18.1 Å². The number of nitrogens with one attached hydrogen (secondary N) is 1. The second kappa shape index (κ2) is 10.2. The Balaban J connectivity index is 1.66. The molecule has 0 unspecified atom stereocenters. The van der Waals surface area contributed by atoms with Crippen LogP contribution >= 0.6 is 0 Å². The molecule has 2 rings (SSSR count). The number of carbonyl (C=O) groups excluding carboxylic acids is 3. The van der Waals surface area contributed by atoms with E-state index in [0.29, 0.717) is 38.5 Å². The zero-order valence-electron chi connectivity index (χ0n) is 15.6. The Morgan fingerprint density at radius 1 is 1.00 bits per heavy atom. The summed E-state index contributed by atoms with van der Waals surface area (Å²) in [6.45, 7) is 3.78. The first-order valence-corrected chi connectivity index (χ1v) is 8.80. The van der Waals surface area contributed by atoms with Crippen LogP contribution in [-0.4, -0.2) is 80.8 Å². The predicted octanol–water partition coefficient (Wildman–Crippen LogP) is 0.491. The topological polar surface area (TPSA) is 97.4 Å². The van der Waals surface area contributed by atoms with Crippen molar-refractivity contribution >= 4 is 17.9 Å². The molecule has 1 saturated heterocycles. The van der Waals surface area contributed by atoms with Crippen molar-refractivity contribution in [2.45, 2.75) is 6.92 Å². The van der Waals surface area contributed by atoms with Gasteiger partial charge in [0.2, 0.25) is 0 Å². The van der Waals surface area contributed by atoms with Gasteiger partial charge in [-0.1, -0.05) is 0 Å². The SMILES string of the molecule is CCOC(=O)N1CCN(C(=O)C(=O)NCCOc2ccc(OC)cc2)CC1. The molecule has 27 heavy (non-hydrogen) atoms. The van der Waals surface area contributed by atoms with Crippen LogP contribution in [0.3, 0.4) is 0 Å². The maximum Gasteiger partial charge on any atom is 0.409 e. The van der Waals surface area contributed by atoms with Gasteiger partial charge in [-0.05, 0) is 31.2 Å². The van der Waals surface area contributed by atoms with Crippen molar-refractivity contribution in [3.63, 3.8) is 0 Å². The number of carbonyl (C=O) groups is 3. The summed E-state index contributed by atoms with van der Waals surface area (Å²) in [5, 5.41) is 2.54. The molecule has 0 spiro atoms. The summed E-state index contributed by atoms with van der Waals surface area (Å²) in [6, 6.07) is 7.06. The maximum atomic E-state index is 12.2. The van der Waals surface area contributed by atoms with Crippen molar-refractivity contribution in [3.05, 3.63) is 24.3 Å². The molecule has 1 aromatic carbocycles. The molecule has 1 N–H and O–H groups in total. The summed E-state index contributed by atoms with van der Waals surface area (Å²) in [5.41, 5.74) is 0. The lowest BCUT2D eigenvalue weighted by Gasteiger charge is -2.33. The van der Waals surface area contributed by atoms with Gasteiger partial charge in [0.15, 0.2) is 0 Å². The van der Waals surface area contributed by atoms with Crippen LogP contribution in [0, 0.1) is 0 Å². The Morgan fingerprint density at radius 3 is 2.19 bits per heavy atom. The van der Waals surface area contributed by atoms with E-state index in [1.807, 2.05) is 0 Å². The van der Waals surface area contributed by atoms with Crippen molar-refractivity contribution in [1.82, 2.24) is 15.1 Å². The molecule has 0 atom stereocenters. The van der Waals surface area contributed by atoms with Crippen molar-refractivity contribution in [2.75, 3.05) is 53.0 Å². The van der Waals surface area contributed by atoms with Crippen molar-refractivity contribution in [1.29, 1.82) is 0 Å². The van der Waals surface area contributed by atoms with Crippen LogP contribution in [0.15, 0.2) is 24.3 Å². The average molecular weight is 379 g/mol. The second-order valence-corrected chi connectivity index (χ2v) is 5.76. The third-order valence-corrected chi connectivity index (χ3v) is 4.00. The summed E-state index contributed by atoms with van der Waals surface area (Å²) in [7, 11) is 1.58. The molecule has 0 aromatic heterocycles. The number of hydrogen-bond acceptors (Lipinski definition) is 6. The van der Waals surface area contributed by atoms with E-state index in [2.05, 4.69) is 5.32 Å².